The lowest BCUT2D eigenvalue weighted by Gasteiger charge is -2.40. The van der Waals surface area contributed by atoms with Crippen LogP contribution in [0.1, 0.15) is 79.0 Å². The summed E-state index contributed by atoms with van der Waals surface area (Å²) < 4.78 is 22.1. The minimum atomic E-state index is -2.20. The Morgan fingerprint density at radius 1 is 0.754 bits per heavy atom. The van der Waals surface area contributed by atoms with Gasteiger partial charge in [-0.15, -0.1) is 0 Å². The third kappa shape index (κ3) is 13.8. The topological polar surface area (TPSA) is 225 Å². The van der Waals surface area contributed by atoms with Gasteiger partial charge in [-0.3, -0.25) is 23.6 Å². The summed E-state index contributed by atoms with van der Waals surface area (Å²) in [4.78, 5) is 57.6. The van der Waals surface area contributed by atoms with E-state index in [1.54, 1.807) is 74.6 Å². The van der Waals surface area contributed by atoms with Gasteiger partial charge in [0.15, 0.2) is 19.9 Å². The number of carbonyl (C=O) groups excluding carboxylic acids is 4. The highest BCUT2D eigenvalue weighted by Gasteiger charge is 2.41. The standard InChI is InChI=1S/C28H35ClN4O3Si.C22H21ClN4O3.CH3F/c1-17-22(10-9-21(15-30)25(17)29)33-26(18(2)36-37(6,7)28(3,4)5)24(34)16-32-27(35)20-8-11-23-19(14-20)12-13-31-23;1-12-17(5-4-16(10-24)20(12)23)27-21(13(2)28)19(29)11-26-22(30)15-3-6-18-14(9-15)7-8-25-18;1-2/h8-14,18,26,31,33H,16H2,1-7H3,(H,32,35);3-9,13,21,25,27-28H,11H2,1-2H3,(H,26,30);1H3/t18-,26+;13?,21-;/m01./s1/i;;1D. The minimum Gasteiger partial charge on any atom is -0.412 e. The summed E-state index contributed by atoms with van der Waals surface area (Å²) in [6.45, 7) is 17.1. The monoisotopic (exact) mass is 997 g/mol. The van der Waals surface area contributed by atoms with Crippen LogP contribution in [-0.4, -0.2) is 91.3 Å². The molecule has 2 amide bonds. The molecule has 0 aliphatic rings. The highest BCUT2D eigenvalue weighted by molar-refractivity contribution is 6.74. The number of aromatic amines is 2. The second kappa shape index (κ2) is 24.2. The van der Waals surface area contributed by atoms with E-state index < -0.39 is 39.8 Å². The van der Waals surface area contributed by atoms with Gasteiger partial charge in [-0.25, -0.2) is 0 Å². The molecule has 6 aromatic rings. The number of nitrogens with one attached hydrogen (secondary N) is 6. The van der Waals surface area contributed by atoms with Gasteiger partial charge >= 0.3 is 0 Å². The number of rotatable bonds is 16. The molecular formula is C51H59Cl2FN8O6Si. The zero-order chi connectivity index (χ0) is 52.1. The highest BCUT2D eigenvalue weighted by atomic mass is 35.5. The first-order valence-electron chi connectivity index (χ1n) is 22.6. The average molecular weight is 999 g/mol. The van der Waals surface area contributed by atoms with Crippen molar-refractivity contribution in [1.29, 1.82) is 10.5 Å². The smallest absolute Gasteiger partial charge is 0.251 e. The Bertz CT molecular complexity index is 2920. The molecule has 1 unspecified atom stereocenters. The number of hydrogen-bond acceptors (Lipinski definition) is 10. The number of amides is 2. The number of aromatic nitrogens is 2. The van der Waals surface area contributed by atoms with Crippen molar-refractivity contribution in [2.75, 3.05) is 30.9 Å². The largest absolute Gasteiger partial charge is 0.412 e. The molecule has 0 saturated carbocycles. The third-order valence-electron chi connectivity index (χ3n) is 12.0. The Hall–Kier alpha value is -6.53. The van der Waals surface area contributed by atoms with Gasteiger partial charge in [-0.2, -0.15) is 10.5 Å². The van der Waals surface area contributed by atoms with Crippen LogP contribution in [0.3, 0.4) is 0 Å². The lowest BCUT2D eigenvalue weighted by atomic mass is 10.0. The Kier molecular flexibility index (Phi) is 18.7. The van der Waals surface area contributed by atoms with Gasteiger partial charge < -0.3 is 40.8 Å². The maximum Gasteiger partial charge on any atom is 0.251 e. The lowest BCUT2D eigenvalue weighted by molar-refractivity contribution is -0.121. The zero-order valence-electron chi connectivity index (χ0n) is 41.0. The number of nitriles is 2. The van der Waals surface area contributed by atoms with Crippen molar-refractivity contribution in [3.8, 4) is 12.1 Å². The summed E-state index contributed by atoms with van der Waals surface area (Å²) in [5.74, 6) is -1.32. The van der Waals surface area contributed by atoms with E-state index >= 15 is 0 Å². The highest BCUT2D eigenvalue weighted by Crippen LogP contribution is 2.38. The summed E-state index contributed by atoms with van der Waals surface area (Å²) in [6.07, 6.45) is 2.11. The number of carbonyl (C=O) groups is 4. The number of benzene rings is 4. The molecule has 14 nitrogen and oxygen atoms in total. The first-order chi connectivity index (χ1) is 33.0. The van der Waals surface area contributed by atoms with Gasteiger partial charge in [0.1, 0.15) is 24.2 Å². The summed E-state index contributed by atoms with van der Waals surface area (Å²) in [6, 6.07) is 23.2. The van der Waals surface area contributed by atoms with Crippen molar-refractivity contribution in [2.45, 2.75) is 90.9 Å². The fourth-order valence-electron chi connectivity index (χ4n) is 6.98. The van der Waals surface area contributed by atoms with Crippen LogP contribution in [-0.2, 0) is 14.0 Å². The first kappa shape index (κ1) is 53.4. The molecule has 0 spiro atoms. The molecule has 4 aromatic carbocycles. The number of hydrogen-bond donors (Lipinski definition) is 7. The molecule has 2 heterocycles. The van der Waals surface area contributed by atoms with E-state index in [0.29, 0.717) is 49.8 Å². The van der Waals surface area contributed by atoms with E-state index in [9.17, 15) is 33.9 Å². The van der Waals surface area contributed by atoms with Crippen LogP contribution in [0.15, 0.2) is 85.2 Å². The van der Waals surface area contributed by atoms with Crippen molar-refractivity contribution in [3.63, 3.8) is 0 Å². The van der Waals surface area contributed by atoms with E-state index in [-0.39, 0.29) is 46.5 Å². The number of nitrogens with zero attached hydrogens (tertiary/aromatic N) is 2. The van der Waals surface area contributed by atoms with Gasteiger partial charge in [0.25, 0.3) is 11.8 Å². The van der Waals surface area contributed by atoms with Crippen LogP contribution in [0.2, 0.25) is 28.2 Å². The number of halogens is 3. The van der Waals surface area contributed by atoms with Crippen LogP contribution in [0, 0.1) is 36.5 Å². The van der Waals surface area contributed by atoms with Gasteiger partial charge in [0, 0.05) is 56.7 Å². The molecule has 364 valence electrons. The predicted octanol–water partition coefficient (Wildman–Crippen LogP) is 9.94. The SMILES string of the molecule is Cc1c(N[C@@H](C(=O)CNC(=O)c2ccc3[nH]ccc3c2)C(C)O)ccc(C#N)c1Cl.Cc1c(N[C@@H](C(=O)CNC(=O)c2ccc3[nH]ccc3c2)[C@H](C)O[Si](C)(C)C(C)(C)C)ccc(C#N)c1Cl.[2H]CF. The molecule has 18 heteroatoms. The lowest BCUT2D eigenvalue weighted by Crippen LogP contribution is -2.51. The van der Waals surface area contributed by atoms with Crippen molar-refractivity contribution in [1.82, 2.24) is 20.6 Å². The van der Waals surface area contributed by atoms with Gasteiger partial charge in [-0.05, 0) is 130 Å². The second-order valence-electron chi connectivity index (χ2n) is 17.8. The number of aliphatic hydroxyl groups is 1. The number of H-pyrrole nitrogens is 2. The molecule has 0 saturated heterocycles. The number of alkyl halides is 1. The van der Waals surface area contributed by atoms with Crippen LogP contribution in [0.5, 0.6) is 0 Å². The number of aliphatic hydroxyl groups excluding tert-OH is 1. The number of anilines is 2. The predicted molar refractivity (Wildman–Crippen MR) is 274 cm³/mol. The molecule has 69 heavy (non-hydrogen) atoms. The van der Waals surface area contributed by atoms with E-state index in [1.165, 1.54) is 6.92 Å². The maximum absolute atomic E-state index is 13.5. The molecule has 7 N–H and O–H groups in total. The molecular weight excluding hydrogens is 939 g/mol. The van der Waals surface area contributed by atoms with Crippen LogP contribution < -0.4 is 21.3 Å². The molecule has 0 aliphatic heterocycles. The molecule has 2 aromatic heterocycles. The number of Topliss-reactive ketones (excluding diaryl/α,β-unsaturated/α-hetero) is 2. The molecule has 0 fully saturated rings. The summed E-state index contributed by atoms with van der Waals surface area (Å²) >= 11 is 12.6. The Morgan fingerprint density at radius 3 is 1.55 bits per heavy atom. The summed E-state index contributed by atoms with van der Waals surface area (Å²) in [7, 11) is -3.20. The van der Waals surface area contributed by atoms with E-state index in [4.69, 9.17) is 34.3 Å². The zero-order valence-corrected chi connectivity index (χ0v) is 42.5. The number of fused-ring (bicyclic) bond motifs is 2. The van der Waals surface area contributed by atoms with Gasteiger partial charge in [-0.1, -0.05) is 44.0 Å². The van der Waals surface area contributed by atoms with Crippen LogP contribution >= 0.6 is 23.2 Å². The molecule has 0 bridgehead atoms. The van der Waals surface area contributed by atoms with Gasteiger partial charge in [0.05, 0.1) is 55.0 Å². The Morgan fingerprint density at radius 2 is 1.16 bits per heavy atom. The maximum atomic E-state index is 13.5. The Labute approximate surface area is 414 Å². The molecule has 4 atom stereocenters. The second-order valence-corrected chi connectivity index (χ2v) is 23.4. The van der Waals surface area contributed by atoms with E-state index in [1.807, 2.05) is 37.4 Å². The number of ketones is 2. The van der Waals surface area contributed by atoms with Crippen molar-refractivity contribution >= 4 is 88.1 Å². The molecule has 0 radical (unpaired) electrons. The quantitative estimate of drug-likeness (QED) is 0.0454. The molecule has 0 aliphatic carbocycles. The van der Waals surface area contributed by atoms with Crippen molar-refractivity contribution < 1.29 is 34.5 Å². The molecule has 6 rings (SSSR count). The summed E-state index contributed by atoms with van der Waals surface area (Å²) in [5, 5.41) is 42.5. The summed E-state index contributed by atoms with van der Waals surface area (Å²) in [5.41, 5.74) is 5.88. The fourth-order valence-corrected chi connectivity index (χ4v) is 8.81. The van der Waals surface area contributed by atoms with Crippen molar-refractivity contribution in [2.24, 2.45) is 0 Å². The Balaban J connectivity index is 0.000000294. The fraction of sp³-hybridized carbons (Fsp3) is 0.333. The average Bonchev–Trinajstić information content (AvgIpc) is 4.00. The normalized spacial score (nSPS) is 13.1. The minimum absolute atomic E-state index is 0.0480. The van der Waals surface area contributed by atoms with Gasteiger partial charge in [0.2, 0.25) is 0 Å². The van der Waals surface area contributed by atoms with Crippen LogP contribution in [0.4, 0.5) is 15.8 Å². The first-order valence-corrected chi connectivity index (χ1v) is 25.5. The van der Waals surface area contributed by atoms with E-state index in [0.717, 1.165) is 21.8 Å². The van der Waals surface area contributed by atoms with E-state index in [2.05, 4.69) is 71.2 Å². The van der Waals surface area contributed by atoms with Crippen LogP contribution in [0.25, 0.3) is 21.8 Å². The van der Waals surface area contributed by atoms with Crippen molar-refractivity contribution in [3.05, 3.63) is 129 Å². The third-order valence-corrected chi connectivity index (χ3v) is 17.6.